The van der Waals surface area contributed by atoms with E-state index in [-0.39, 0.29) is 9.79 Å². The number of hydrogen-bond donors (Lipinski definition) is 1. The average molecular weight is 312 g/mol. The maximum Gasteiger partial charge on any atom is 0.208 e. The van der Waals surface area contributed by atoms with Crippen LogP contribution < -0.4 is 10.1 Å². The van der Waals surface area contributed by atoms with Gasteiger partial charge in [-0.2, -0.15) is 0 Å². The van der Waals surface area contributed by atoms with Gasteiger partial charge in [0.1, 0.15) is 5.75 Å². The topological polar surface area (TPSA) is 55.4 Å². The summed E-state index contributed by atoms with van der Waals surface area (Å²) < 4.78 is 30.3. The number of halogens is 1. The summed E-state index contributed by atoms with van der Waals surface area (Å²) >= 11 is 5.90. The van der Waals surface area contributed by atoms with Crippen molar-refractivity contribution in [2.24, 2.45) is 0 Å². The summed E-state index contributed by atoms with van der Waals surface area (Å²) in [5.41, 5.74) is 0.505. The Morgan fingerprint density at radius 3 is 2.30 bits per heavy atom. The molecule has 106 valence electrons. The highest BCUT2D eigenvalue weighted by Crippen LogP contribution is 2.30. The van der Waals surface area contributed by atoms with E-state index in [9.17, 15) is 8.42 Å². The molecule has 20 heavy (non-hydrogen) atoms. The van der Waals surface area contributed by atoms with Crippen LogP contribution in [0.5, 0.6) is 5.75 Å². The lowest BCUT2D eigenvalue weighted by Gasteiger charge is -2.11. The minimum absolute atomic E-state index is 0.151. The number of benzene rings is 2. The zero-order chi connectivity index (χ0) is 14.8. The van der Waals surface area contributed by atoms with Gasteiger partial charge in [0.25, 0.3) is 0 Å². The van der Waals surface area contributed by atoms with E-state index in [1.807, 2.05) is 0 Å². The van der Waals surface area contributed by atoms with Crippen molar-refractivity contribution < 1.29 is 13.2 Å². The van der Waals surface area contributed by atoms with Crippen LogP contribution >= 0.6 is 11.6 Å². The van der Waals surface area contributed by atoms with Gasteiger partial charge in [-0.1, -0.05) is 11.6 Å². The highest BCUT2D eigenvalue weighted by Gasteiger charge is 2.21. The second kappa shape index (κ2) is 5.73. The Bertz CT molecular complexity index is 712. The number of rotatable bonds is 4. The Morgan fingerprint density at radius 2 is 1.75 bits per heavy atom. The number of methoxy groups -OCH3 is 1. The van der Waals surface area contributed by atoms with Crippen molar-refractivity contribution in [3.05, 3.63) is 47.5 Å². The second-order valence-electron chi connectivity index (χ2n) is 4.07. The van der Waals surface area contributed by atoms with Gasteiger partial charge >= 0.3 is 0 Å². The van der Waals surface area contributed by atoms with Crippen molar-refractivity contribution >= 4 is 27.1 Å². The Labute approximate surface area is 123 Å². The smallest absolute Gasteiger partial charge is 0.208 e. The summed E-state index contributed by atoms with van der Waals surface area (Å²) in [6.07, 6.45) is 0. The van der Waals surface area contributed by atoms with E-state index in [2.05, 4.69) is 5.32 Å². The van der Waals surface area contributed by atoms with Gasteiger partial charge in [0.2, 0.25) is 9.84 Å². The molecule has 0 aliphatic rings. The molecule has 0 aliphatic carbocycles. The van der Waals surface area contributed by atoms with Gasteiger partial charge in [-0.15, -0.1) is 0 Å². The molecule has 0 heterocycles. The Kier molecular flexibility index (Phi) is 4.20. The van der Waals surface area contributed by atoms with Crippen LogP contribution in [0.25, 0.3) is 0 Å². The molecule has 0 radical (unpaired) electrons. The molecule has 0 unspecified atom stereocenters. The van der Waals surface area contributed by atoms with Gasteiger partial charge < -0.3 is 10.1 Å². The highest BCUT2D eigenvalue weighted by molar-refractivity contribution is 7.91. The molecule has 6 heteroatoms. The zero-order valence-corrected chi connectivity index (χ0v) is 12.6. The molecule has 2 aromatic carbocycles. The number of ether oxygens (including phenoxy) is 1. The van der Waals surface area contributed by atoms with E-state index in [0.717, 1.165) is 0 Å². The number of nitrogens with one attached hydrogen (secondary N) is 1. The molecule has 0 atom stereocenters. The molecular formula is C14H14ClNO3S. The first-order valence-electron chi connectivity index (χ1n) is 5.85. The van der Waals surface area contributed by atoms with Crippen LogP contribution in [0.1, 0.15) is 0 Å². The molecule has 0 saturated heterocycles. The molecule has 2 aromatic rings. The maximum atomic E-state index is 12.6. The summed E-state index contributed by atoms with van der Waals surface area (Å²) in [5.74, 6) is 0.601. The van der Waals surface area contributed by atoms with Crippen LogP contribution in [0.3, 0.4) is 0 Å². The van der Waals surface area contributed by atoms with Crippen molar-refractivity contribution in [2.75, 3.05) is 19.5 Å². The van der Waals surface area contributed by atoms with Crippen molar-refractivity contribution in [2.45, 2.75) is 9.79 Å². The molecular weight excluding hydrogens is 298 g/mol. The molecule has 0 aliphatic heterocycles. The summed E-state index contributed by atoms with van der Waals surface area (Å²) in [5, 5.41) is 3.23. The molecule has 2 rings (SSSR count). The lowest BCUT2D eigenvalue weighted by Crippen LogP contribution is -2.05. The van der Waals surface area contributed by atoms with E-state index in [4.69, 9.17) is 16.3 Å². The predicted octanol–water partition coefficient (Wildman–Crippen LogP) is 3.22. The Balaban J connectivity index is 2.56. The molecule has 0 spiro atoms. The third-order valence-electron chi connectivity index (χ3n) is 2.87. The normalized spacial score (nSPS) is 11.2. The quantitative estimate of drug-likeness (QED) is 0.942. The van der Waals surface area contributed by atoms with Crippen LogP contribution in [-0.4, -0.2) is 22.6 Å². The first-order valence-corrected chi connectivity index (χ1v) is 7.71. The summed E-state index contributed by atoms with van der Waals surface area (Å²) in [6.45, 7) is 0. The monoisotopic (exact) mass is 311 g/mol. The van der Waals surface area contributed by atoms with Crippen LogP contribution in [0, 0.1) is 0 Å². The summed E-state index contributed by atoms with van der Waals surface area (Å²) in [4.78, 5) is 0.342. The first-order chi connectivity index (χ1) is 9.48. The fourth-order valence-electron chi connectivity index (χ4n) is 1.81. The number of hydrogen-bond acceptors (Lipinski definition) is 4. The van der Waals surface area contributed by atoms with Crippen molar-refractivity contribution in [3.8, 4) is 5.75 Å². The SMILES string of the molecule is CNc1ccc(Cl)cc1S(=O)(=O)c1ccc(OC)cc1. The van der Waals surface area contributed by atoms with E-state index in [1.54, 1.807) is 31.3 Å². The molecule has 0 fully saturated rings. The van der Waals surface area contributed by atoms with Gasteiger partial charge in [0.05, 0.1) is 22.6 Å². The lowest BCUT2D eigenvalue weighted by molar-refractivity contribution is 0.414. The predicted molar refractivity (Wildman–Crippen MR) is 79.4 cm³/mol. The van der Waals surface area contributed by atoms with Gasteiger partial charge in [-0.05, 0) is 42.5 Å². The summed E-state index contributed by atoms with van der Waals surface area (Å²) in [7, 11) is -0.441. The molecule has 1 N–H and O–H groups in total. The minimum Gasteiger partial charge on any atom is -0.497 e. The van der Waals surface area contributed by atoms with Crippen LogP contribution in [0.2, 0.25) is 5.02 Å². The largest absolute Gasteiger partial charge is 0.497 e. The number of anilines is 1. The van der Waals surface area contributed by atoms with Crippen LogP contribution in [-0.2, 0) is 9.84 Å². The average Bonchev–Trinajstić information content (AvgIpc) is 2.47. The molecule has 0 saturated carbocycles. The van der Waals surface area contributed by atoms with E-state index >= 15 is 0 Å². The fourth-order valence-corrected chi connectivity index (χ4v) is 3.53. The third kappa shape index (κ3) is 2.73. The fraction of sp³-hybridized carbons (Fsp3) is 0.143. The summed E-state index contributed by atoms with van der Waals surface area (Å²) in [6, 6.07) is 10.9. The molecule has 0 aromatic heterocycles. The highest BCUT2D eigenvalue weighted by atomic mass is 35.5. The minimum atomic E-state index is -3.63. The number of sulfone groups is 1. The Morgan fingerprint density at radius 1 is 1.10 bits per heavy atom. The van der Waals surface area contributed by atoms with E-state index < -0.39 is 9.84 Å². The van der Waals surface area contributed by atoms with Gasteiger partial charge in [0.15, 0.2) is 0 Å². The van der Waals surface area contributed by atoms with E-state index in [0.29, 0.717) is 16.5 Å². The van der Waals surface area contributed by atoms with Crippen LogP contribution in [0.4, 0.5) is 5.69 Å². The lowest BCUT2D eigenvalue weighted by atomic mass is 10.3. The van der Waals surface area contributed by atoms with Gasteiger partial charge in [-0.3, -0.25) is 0 Å². The zero-order valence-electron chi connectivity index (χ0n) is 11.1. The second-order valence-corrected chi connectivity index (χ2v) is 6.42. The standard InChI is InChI=1S/C14H14ClNO3S/c1-16-13-8-3-10(15)9-14(13)20(17,18)12-6-4-11(19-2)5-7-12/h3-9,16H,1-2H3. The molecule has 0 bridgehead atoms. The first kappa shape index (κ1) is 14.7. The molecule has 4 nitrogen and oxygen atoms in total. The van der Waals surface area contributed by atoms with Crippen LogP contribution in [0.15, 0.2) is 52.3 Å². The van der Waals surface area contributed by atoms with E-state index in [1.165, 1.54) is 25.3 Å². The maximum absolute atomic E-state index is 12.6. The third-order valence-corrected chi connectivity index (χ3v) is 4.92. The van der Waals surface area contributed by atoms with Gasteiger partial charge in [-0.25, -0.2) is 8.42 Å². The van der Waals surface area contributed by atoms with Crippen molar-refractivity contribution in [1.82, 2.24) is 0 Å². The van der Waals surface area contributed by atoms with Gasteiger partial charge in [0, 0.05) is 12.1 Å². The van der Waals surface area contributed by atoms with Crippen molar-refractivity contribution in [3.63, 3.8) is 0 Å². The van der Waals surface area contributed by atoms with Crippen molar-refractivity contribution in [1.29, 1.82) is 0 Å². The molecule has 0 amide bonds. The Hall–Kier alpha value is -1.72.